The zero-order valence-corrected chi connectivity index (χ0v) is 19.7. The molecule has 3 aromatic carbocycles. The topological polar surface area (TPSA) is 110 Å². The van der Waals surface area contributed by atoms with Crippen LogP contribution in [0, 0.1) is 11.3 Å². The maximum atomic E-state index is 12.6. The number of nitrogens with zero attached hydrogens (tertiary/aromatic N) is 4. The van der Waals surface area contributed by atoms with Crippen molar-refractivity contribution in [3.8, 4) is 29.0 Å². The van der Waals surface area contributed by atoms with Gasteiger partial charge in [0.25, 0.3) is 5.56 Å². The van der Waals surface area contributed by atoms with Crippen LogP contribution in [0.1, 0.15) is 11.4 Å². The quantitative estimate of drug-likeness (QED) is 0.319. The Morgan fingerprint density at radius 1 is 1.08 bits per heavy atom. The predicted molar refractivity (Wildman–Crippen MR) is 141 cm³/mol. The van der Waals surface area contributed by atoms with E-state index in [2.05, 4.69) is 16.0 Å². The van der Waals surface area contributed by atoms with Crippen molar-refractivity contribution in [3.05, 3.63) is 107 Å². The lowest BCUT2D eigenvalue weighted by Gasteiger charge is -2.02. The summed E-state index contributed by atoms with van der Waals surface area (Å²) in [6, 6.07) is 26.3. The molecule has 0 aliphatic carbocycles. The largest absolute Gasteiger partial charge is 0.493 e. The molecule has 6 aromatic rings. The molecule has 0 spiro atoms. The van der Waals surface area contributed by atoms with Crippen LogP contribution in [-0.4, -0.2) is 26.9 Å². The number of rotatable bonds is 5. The molecule has 0 fully saturated rings. The van der Waals surface area contributed by atoms with Crippen molar-refractivity contribution in [2.45, 2.75) is 0 Å². The molecule has 3 aromatic heterocycles. The van der Waals surface area contributed by atoms with E-state index in [0.29, 0.717) is 39.3 Å². The van der Waals surface area contributed by atoms with E-state index in [1.807, 2.05) is 60.8 Å². The molecule has 8 heteroatoms. The summed E-state index contributed by atoms with van der Waals surface area (Å²) in [7, 11) is 1.59. The van der Waals surface area contributed by atoms with Crippen LogP contribution in [0.5, 0.6) is 5.75 Å². The molecular formula is C29H19N5O3. The monoisotopic (exact) mass is 485 g/mol. The number of hydrogen-bond acceptors (Lipinski definition) is 6. The Hall–Kier alpha value is -5.42. The number of nitriles is 1. The molecular weight excluding hydrogens is 466 g/mol. The Kier molecular flexibility index (Phi) is 5.36. The van der Waals surface area contributed by atoms with Crippen molar-refractivity contribution in [1.29, 1.82) is 5.26 Å². The summed E-state index contributed by atoms with van der Waals surface area (Å²) in [6.45, 7) is 0. The van der Waals surface area contributed by atoms with Gasteiger partial charge in [0.1, 0.15) is 11.8 Å². The first-order valence-corrected chi connectivity index (χ1v) is 11.5. The number of methoxy groups -OCH3 is 1. The van der Waals surface area contributed by atoms with Crippen LogP contribution in [0.25, 0.3) is 50.7 Å². The highest BCUT2D eigenvalue weighted by molar-refractivity contribution is 5.93. The predicted octanol–water partition coefficient (Wildman–Crippen LogP) is 5.59. The molecule has 0 unspecified atom stereocenters. The summed E-state index contributed by atoms with van der Waals surface area (Å²) in [5, 5.41) is 16.1. The van der Waals surface area contributed by atoms with Crippen molar-refractivity contribution in [2.75, 3.05) is 7.11 Å². The summed E-state index contributed by atoms with van der Waals surface area (Å²) in [5.41, 5.74) is 2.97. The zero-order valence-electron chi connectivity index (χ0n) is 19.7. The lowest BCUT2D eigenvalue weighted by molar-refractivity contribution is 0.411. The molecule has 0 atom stereocenters. The average molecular weight is 486 g/mol. The number of H-pyrrole nitrogens is 1. The van der Waals surface area contributed by atoms with E-state index in [9.17, 15) is 10.1 Å². The van der Waals surface area contributed by atoms with Gasteiger partial charge in [-0.05, 0) is 42.5 Å². The van der Waals surface area contributed by atoms with Crippen LogP contribution in [-0.2, 0) is 0 Å². The van der Waals surface area contributed by atoms with Gasteiger partial charge in [0.2, 0.25) is 0 Å². The molecule has 0 bridgehead atoms. The molecule has 0 saturated heterocycles. The summed E-state index contributed by atoms with van der Waals surface area (Å²) >= 11 is 0. The molecule has 0 aliphatic rings. The van der Waals surface area contributed by atoms with E-state index in [1.54, 1.807) is 42.1 Å². The molecule has 0 amide bonds. The first kappa shape index (κ1) is 22.1. The number of benzene rings is 3. The number of aromatic nitrogens is 4. The Morgan fingerprint density at radius 2 is 1.89 bits per heavy atom. The Balaban J connectivity index is 1.55. The van der Waals surface area contributed by atoms with E-state index in [-0.39, 0.29) is 17.0 Å². The SMILES string of the molecule is COc1cccc2cc(-c3nn(-c4ccccc4)cc3/C=C(\C#N)c3nc4ccccc4c(=O)[nH]3)oc12. The van der Waals surface area contributed by atoms with Crippen LogP contribution in [0.15, 0.2) is 94.3 Å². The fourth-order valence-electron chi connectivity index (χ4n) is 4.23. The normalized spacial score (nSPS) is 11.6. The minimum Gasteiger partial charge on any atom is -0.493 e. The number of nitrogens with one attached hydrogen (secondary N) is 1. The van der Waals surface area contributed by atoms with Crippen molar-refractivity contribution >= 4 is 33.5 Å². The van der Waals surface area contributed by atoms with Crippen molar-refractivity contribution in [2.24, 2.45) is 0 Å². The fraction of sp³-hybridized carbons (Fsp3) is 0.0345. The third-order valence-corrected chi connectivity index (χ3v) is 6.01. The van der Waals surface area contributed by atoms with Gasteiger partial charge in [-0.1, -0.05) is 42.5 Å². The van der Waals surface area contributed by atoms with Crippen LogP contribution >= 0.6 is 0 Å². The number of aromatic amines is 1. The summed E-state index contributed by atoms with van der Waals surface area (Å²) in [4.78, 5) is 19.9. The minimum absolute atomic E-state index is 0.177. The number of ether oxygens (including phenoxy) is 1. The first-order valence-electron chi connectivity index (χ1n) is 11.5. The molecule has 0 radical (unpaired) electrons. The van der Waals surface area contributed by atoms with Gasteiger partial charge in [0, 0.05) is 17.1 Å². The molecule has 0 aliphatic heterocycles. The van der Waals surface area contributed by atoms with Gasteiger partial charge < -0.3 is 14.1 Å². The van der Waals surface area contributed by atoms with Gasteiger partial charge in [-0.3, -0.25) is 4.79 Å². The smallest absolute Gasteiger partial charge is 0.259 e. The Bertz CT molecular complexity index is 1910. The van der Waals surface area contributed by atoms with Gasteiger partial charge in [-0.15, -0.1) is 0 Å². The maximum absolute atomic E-state index is 12.6. The van der Waals surface area contributed by atoms with Crippen molar-refractivity contribution < 1.29 is 9.15 Å². The van der Waals surface area contributed by atoms with Gasteiger partial charge >= 0.3 is 0 Å². The van der Waals surface area contributed by atoms with E-state index < -0.39 is 0 Å². The molecule has 8 nitrogen and oxygen atoms in total. The number of hydrogen-bond donors (Lipinski definition) is 1. The van der Waals surface area contributed by atoms with Gasteiger partial charge in [0.05, 0.1) is 29.3 Å². The van der Waals surface area contributed by atoms with Crippen LogP contribution in [0.3, 0.4) is 0 Å². The van der Waals surface area contributed by atoms with Crippen LogP contribution in [0.4, 0.5) is 0 Å². The summed E-state index contributed by atoms with van der Waals surface area (Å²) < 4.78 is 13.3. The highest BCUT2D eigenvalue weighted by Gasteiger charge is 2.18. The van der Waals surface area contributed by atoms with E-state index in [0.717, 1.165) is 11.1 Å². The molecule has 3 heterocycles. The second-order valence-electron chi connectivity index (χ2n) is 8.30. The Labute approximate surface area is 210 Å². The third kappa shape index (κ3) is 3.94. The second kappa shape index (κ2) is 8.98. The average Bonchev–Trinajstić information content (AvgIpc) is 3.56. The molecule has 37 heavy (non-hydrogen) atoms. The molecule has 178 valence electrons. The highest BCUT2D eigenvalue weighted by Crippen LogP contribution is 2.35. The third-order valence-electron chi connectivity index (χ3n) is 6.01. The lowest BCUT2D eigenvalue weighted by Crippen LogP contribution is -2.11. The van der Waals surface area contributed by atoms with Crippen LogP contribution < -0.4 is 10.3 Å². The second-order valence-corrected chi connectivity index (χ2v) is 8.30. The maximum Gasteiger partial charge on any atom is 0.259 e. The number of para-hydroxylation sites is 3. The van der Waals surface area contributed by atoms with E-state index >= 15 is 0 Å². The van der Waals surface area contributed by atoms with Gasteiger partial charge in [-0.2, -0.15) is 10.4 Å². The Morgan fingerprint density at radius 3 is 2.70 bits per heavy atom. The summed E-state index contributed by atoms with van der Waals surface area (Å²) in [5.74, 6) is 1.30. The van der Waals surface area contributed by atoms with Crippen molar-refractivity contribution in [1.82, 2.24) is 19.7 Å². The summed E-state index contributed by atoms with van der Waals surface area (Å²) in [6.07, 6.45) is 3.46. The van der Waals surface area contributed by atoms with Gasteiger partial charge in [0.15, 0.2) is 22.9 Å². The lowest BCUT2D eigenvalue weighted by atomic mass is 10.1. The number of fused-ring (bicyclic) bond motifs is 2. The molecule has 1 N–H and O–H groups in total. The first-order chi connectivity index (χ1) is 18.1. The minimum atomic E-state index is -0.314. The zero-order chi connectivity index (χ0) is 25.4. The van der Waals surface area contributed by atoms with E-state index in [1.165, 1.54) is 0 Å². The van der Waals surface area contributed by atoms with Crippen molar-refractivity contribution in [3.63, 3.8) is 0 Å². The number of allylic oxidation sites excluding steroid dienone is 1. The fourth-order valence-corrected chi connectivity index (χ4v) is 4.23. The van der Waals surface area contributed by atoms with Gasteiger partial charge in [-0.25, -0.2) is 9.67 Å². The highest BCUT2D eigenvalue weighted by atomic mass is 16.5. The molecule has 0 saturated carbocycles. The van der Waals surface area contributed by atoms with E-state index in [4.69, 9.17) is 14.3 Å². The number of furan rings is 1. The molecule has 6 rings (SSSR count). The standard InChI is InChI=1S/C29H19N5O3/c1-36-24-13-7-8-18-15-25(37-27(18)24)26-20(17-34(33-26)21-9-3-2-4-10-21)14-19(16-30)28-31-23-12-6-5-11-22(23)29(35)32-28/h2-15,17H,1H3,(H,31,32,35)/b19-14+. The van der Waals surface area contributed by atoms with Crippen LogP contribution in [0.2, 0.25) is 0 Å².